The normalized spacial score (nSPS) is 10.4. The van der Waals surface area contributed by atoms with Gasteiger partial charge in [-0.05, 0) is 48.5 Å². The van der Waals surface area contributed by atoms with Crippen LogP contribution in [0.25, 0.3) is 11.4 Å². The first-order valence-corrected chi connectivity index (χ1v) is 9.41. The fourth-order valence-electron chi connectivity index (χ4n) is 2.78. The Bertz CT molecular complexity index is 1180. The largest absolute Gasteiger partial charge is 0.467 e. The van der Waals surface area contributed by atoms with E-state index in [0.717, 1.165) is 11.4 Å². The Labute approximate surface area is 178 Å². The minimum Gasteiger partial charge on any atom is -0.467 e. The molecule has 0 aliphatic carbocycles. The van der Waals surface area contributed by atoms with Crippen LogP contribution in [0.3, 0.4) is 0 Å². The molecule has 0 fully saturated rings. The first kappa shape index (κ1) is 19.8. The maximum Gasteiger partial charge on any atom is 0.321 e. The molecule has 8 nitrogen and oxygen atoms in total. The van der Waals surface area contributed by atoms with E-state index in [1.165, 1.54) is 7.11 Å². The summed E-state index contributed by atoms with van der Waals surface area (Å²) in [5, 5.41) is 3.14. The number of ether oxygens (including phenoxy) is 2. The molecule has 0 saturated carbocycles. The standard InChI is InChI=1S/C23H19N5O3/c1-30-23-27-21(16-9-7-15(8-10-16)20(24)29)26-22(28-23)25-17-11-13-19(14-12-17)31-18-5-3-2-4-6-18/h2-14H,1H3,(H2,24,29)(H,25,26,27,28). The molecule has 1 amide bonds. The third kappa shape index (κ3) is 4.94. The van der Waals surface area contributed by atoms with Gasteiger partial charge in [-0.1, -0.05) is 30.3 Å². The van der Waals surface area contributed by atoms with E-state index in [-0.39, 0.29) is 6.01 Å². The number of methoxy groups -OCH3 is 1. The number of nitrogens with two attached hydrogens (primary N) is 1. The zero-order chi connectivity index (χ0) is 21.6. The summed E-state index contributed by atoms with van der Waals surface area (Å²) >= 11 is 0. The number of carbonyl (C=O) groups excluding carboxylic acids is 1. The summed E-state index contributed by atoms with van der Waals surface area (Å²) in [6.07, 6.45) is 0. The summed E-state index contributed by atoms with van der Waals surface area (Å²) in [4.78, 5) is 24.3. The van der Waals surface area contributed by atoms with Gasteiger partial charge in [0.2, 0.25) is 11.9 Å². The van der Waals surface area contributed by atoms with Gasteiger partial charge in [0.1, 0.15) is 11.5 Å². The zero-order valence-corrected chi connectivity index (χ0v) is 16.6. The molecule has 0 unspecified atom stereocenters. The van der Waals surface area contributed by atoms with Crippen LogP contribution in [0.15, 0.2) is 78.9 Å². The molecule has 0 spiro atoms. The summed E-state index contributed by atoms with van der Waals surface area (Å²) in [5.74, 6) is 1.69. The number of amides is 1. The van der Waals surface area contributed by atoms with Crippen LogP contribution in [0, 0.1) is 0 Å². The van der Waals surface area contributed by atoms with Gasteiger partial charge in [0.05, 0.1) is 7.11 Å². The molecule has 1 heterocycles. The molecule has 3 N–H and O–H groups in total. The molecule has 0 saturated heterocycles. The Morgan fingerprint density at radius 1 is 0.839 bits per heavy atom. The molecule has 0 aliphatic rings. The molecular weight excluding hydrogens is 394 g/mol. The molecule has 31 heavy (non-hydrogen) atoms. The SMILES string of the molecule is COc1nc(Nc2ccc(Oc3ccccc3)cc2)nc(-c2ccc(C(N)=O)cc2)n1. The first-order valence-electron chi connectivity index (χ1n) is 9.41. The summed E-state index contributed by atoms with van der Waals surface area (Å²) in [7, 11) is 1.48. The number of benzene rings is 3. The van der Waals surface area contributed by atoms with Gasteiger partial charge in [0, 0.05) is 16.8 Å². The van der Waals surface area contributed by atoms with Gasteiger partial charge in [-0.3, -0.25) is 4.79 Å². The van der Waals surface area contributed by atoms with E-state index in [1.807, 2.05) is 54.6 Å². The second kappa shape index (κ2) is 8.91. The zero-order valence-electron chi connectivity index (χ0n) is 16.6. The van der Waals surface area contributed by atoms with Crippen LogP contribution in [-0.2, 0) is 0 Å². The van der Waals surface area contributed by atoms with Gasteiger partial charge in [-0.2, -0.15) is 15.0 Å². The Balaban J connectivity index is 1.54. The van der Waals surface area contributed by atoms with Gasteiger partial charge < -0.3 is 20.5 Å². The highest BCUT2D eigenvalue weighted by Gasteiger charge is 2.10. The van der Waals surface area contributed by atoms with Crippen molar-refractivity contribution in [1.29, 1.82) is 0 Å². The Morgan fingerprint density at radius 2 is 1.52 bits per heavy atom. The van der Waals surface area contributed by atoms with Crippen molar-refractivity contribution >= 4 is 17.5 Å². The lowest BCUT2D eigenvalue weighted by molar-refractivity contribution is 0.100. The van der Waals surface area contributed by atoms with Gasteiger partial charge in [-0.15, -0.1) is 0 Å². The lowest BCUT2D eigenvalue weighted by Gasteiger charge is -2.10. The van der Waals surface area contributed by atoms with Crippen molar-refractivity contribution in [2.45, 2.75) is 0 Å². The Kier molecular flexibility index (Phi) is 5.70. The molecular formula is C23H19N5O3. The highest BCUT2D eigenvalue weighted by molar-refractivity contribution is 5.93. The van der Waals surface area contributed by atoms with Crippen molar-refractivity contribution in [3.63, 3.8) is 0 Å². The van der Waals surface area contributed by atoms with Crippen LogP contribution in [0.4, 0.5) is 11.6 Å². The van der Waals surface area contributed by atoms with Crippen molar-refractivity contribution in [2.24, 2.45) is 5.73 Å². The first-order chi connectivity index (χ1) is 15.1. The van der Waals surface area contributed by atoms with E-state index >= 15 is 0 Å². The maximum absolute atomic E-state index is 11.3. The number of nitrogens with one attached hydrogen (secondary N) is 1. The smallest absolute Gasteiger partial charge is 0.321 e. The minimum absolute atomic E-state index is 0.163. The van der Waals surface area contributed by atoms with E-state index < -0.39 is 5.91 Å². The second-order valence-electron chi connectivity index (χ2n) is 6.48. The number of hydrogen-bond acceptors (Lipinski definition) is 7. The van der Waals surface area contributed by atoms with Gasteiger partial charge in [-0.25, -0.2) is 0 Å². The summed E-state index contributed by atoms with van der Waals surface area (Å²) in [5.41, 5.74) is 7.16. The number of aromatic nitrogens is 3. The number of hydrogen-bond donors (Lipinski definition) is 2. The molecule has 0 bridgehead atoms. The molecule has 4 rings (SSSR count). The average molecular weight is 413 g/mol. The van der Waals surface area contributed by atoms with E-state index in [4.69, 9.17) is 15.2 Å². The summed E-state index contributed by atoms with van der Waals surface area (Å²) in [6.45, 7) is 0. The second-order valence-corrected chi connectivity index (χ2v) is 6.48. The Morgan fingerprint density at radius 3 is 2.16 bits per heavy atom. The van der Waals surface area contributed by atoms with Crippen LogP contribution in [-0.4, -0.2) is 28.0 Å². The van der Waals surface area contributed by atoms with Crippen LogP contribution >= 0.6 is 0 Å². The van der Waals surface area contributed by atoms with Crippen LogP contribution in [0.1, 0.15) is 10.4 Å². The van der Waals surface area contributed by atoms with Crippen molar-refractivity contribution in [3.8, 4) is 28.9 Å². The number of carbonyl (C=O) groups is 1. The monoisotopic (exact) mass is 413 g/mol. The van der Waals surface area contributed by atoms with Crippen LogP contribution < -0.4 is 20.5 Å². The number of primary amides is 1. The number of anilines is 2. The number of rotatable bonds is 7. The lowest BCUT2D eigenvalue weighted by atomic mass is 10.1. The summed E-state index contributed by atoms with van der Waals surface area (Å²) in [6, 6.07) is 23.8. The number of para-hydroxylation sites is 1. The predicted molar refractivity (Wildman–Crippen MR) is 117 cm³/mol. The van der Waals surface area contributed by atoms with E-state index in [9.17, 15) is 4.79 Å². The average Bonchev–Trinajstić information content (AvgIpc) is 2.81. The molecule has 154 valence electrons. The quantitative estimate of drug-likeness (QED) is 0.467. The minimum atomic E-state index is -0.498. The van der Waals surface area contributed by atoms with Gasteiger partial charge in [0.15, 0.2) is 5.82 Å². The highest BCUT2D eigenvalue weighted by atomic mass is 16.5. The fourth-order valence-corrected chi connectivity index (χ4v) is 2.78. The molecule has 0 radical (unpaired) electrons. The lowest BCUT2D eigenvalue weighted by Crippen LogP contribution is -2.10. The fraction of sp³-hybridized carbons (Fsp3) is 0.0435. The molecule has 3 aromatic carbocycles. The predicted octanol–water partition coefficient (Wildman–Crippen LogP) is 4.18. The topological polar surface area (TPSA) is 112 Å². The van der Waals surface area contributed by atoms with E-state index in [0.29, 0.717) is 28.6 Å². The van der Waals surface area contributed by atoms with E-state index in [1.54, 1.807) is 24.3 Å². The maximum atomic E-state index is 11.3. The van der Waals surface area contributed by atoms with Crippen LogP contribution in [0.5, 0.6) is 17.5 Å². The third-order valence-electron chi connectivity index (χ3n) is 4.31. The molecule has 4 aromatic rings. The van der Waals surface area contributed by atoms with Crippen molar-refractivity contribution in [1.82, 2.24) is 15.0 Å². The Hall–Kier alpha value is -4.46. The van der Waals surface area contributed by atoms with Crippen molar-refractivity contribution in [2.75, 3.05) is 12.4 Å². The van der Waals surface area contributed by atoms with Gasteiger partial charge >= 0.3 is 6.01 Å². The summed E-state index contributed by atoms with van der Waals surface area (Å²) < 4.78 is 11.0. The highest BCUT2D eigenvalue weighted by Crippen LogP contribution is 2.25. The van der Waals surface area contributed by atoms with Gasteiger partial charge in [0.25, 0.3) is 0 Å². The van der Waals surface area contributed by atoms with Crippen molar-refractivity contribution < 1.29 is 14.3 Å². The third-order valence-corrected chi connectivity index (χ3v) is 4.31. The van der Waals surface area contributed by atoms with Crippen LogP contribution in [0.2, 0.25) is 0 Å². The van der Waals surface area contributed by atoms with E-state index in [2.05, 4.69) is 20.3 Å². The number of nitrogens with zero attached hydrogens (tertiary/aromatic N) is 3. The molecule has 8 heteroatoms. The van der Waals surface area contributed by atoms with Crippen molar-refractivity contribution in [3.05, 3.63) is 84.4 Å². The molecule has 1 aromatic heterocycles. The molecule has 0 atom stereocenters. The molecule has 0 aliphatic heterocycles.